The highest BCUT2D eigenvalue weighted by Gasteiger charge is 2.02. The molecule has 1 aromatic carbocycles. The lowest BCUT2D eigenvalue weighted by Gasteiger charge is -2.02. The second kappa shape index (κ2) is 6.07. The van der Waals surface area contributed by atoms with Crippen molar-refractivity contribution in [3.8, 4) is 11.8 Å². The summed E-state index contributed by atoms with van der Waals surface area (Å²) in [5.74, 6) is 5.82. The van der Waals surface area contributed by atoms with Gasteiger partial charge in [-0.05, 0) is 24.6 Å². The second-order valence-electron chi connectivity index (χ2n) is 4.20. The zero-order chi connectivity index (χ0) is 13.7. The predicted octanol–water partition coefficient (Wildman–Crippen LogP) is 1.03. The molecule has 0 bridgehead atoms. The van der Waals surface area contributed by atoms with Crippen molar-refractivity contribution in [2.24, 2.45) is 5.73 Å². The van der Waals surface area contributed by atoms with Gasteiger partial charge in [-0.1, -0.05) is 24.0 Å². The Morgan fingerprint density at radius 3 is 2.74 bits per heavy atom. The minimum absolute atomic E-state index is 0.0148. The molecule has 2 aromatic rings. The van der Waals surface area contributed by atoms with Gasteiger partial charge in [0.1, 0.15) is 0 Å². The number of nitrogens with zero attached hydrogens (tertiary/aromatic N) is 2. The van der Waals surface area contributed by atoms with Crippen LogP contribution in [-0.4, -0.2) is 15.7 Å². The Bertz CT molecular complexity index is 670. The summed E-state index contributed by atoms with van der Waals surface area (Å²) in [4.78, 5) is 11.9. The van der Waals surface area contributed by atoms with Crippen molar-refractivity contribution >= 4 is 0 Å². The van der Waals surface area contributed by atoms with Gasteiger partial charge in [0, 0.05) is 24.5 Å². The number of hydrogen-bond acceptors (Lipinski definition) is 2. The molecule has 0 fully saturated rings. The quantitative estimate of drug-likeness (QED) is 0.833. The van der Waals surface area contributed by atoms with Crippen LogP contribution in [0.15, 0.2) is 41.5 Å². The third-order valence-electron chi connectivity index (χ3n) is 2.87. The summed E-state index contributed by atoms with van der Waals surface area (Å²) >= 11 is 0. The van der Waals surface area contributed by atoms with E-state index in [0.29, 0.717) is 19.6 Å². The van der Waals surface area contributed by atoms with Gasteiger partial charge in [0.25, 0.3) is 0 Å². The number of aromatic nitrogens is 2. The average molecular weight is 255 g/mol. The molecule has 2 N–H and O–H groups in total. The smallest absolute Gasteiger partial charge is 0.320 e. The van der Waals surface area contributed by atoms with Crippen LogP contribution >= 0.6 is 0 Å². The first-order chi connectivity index (χ1) is 9.24. The van der Waals surface area contributed by atoms with Crippen molar-refractivity contribution in [2.75, 3.05) is 6.54 Å². The third kappa shape index (κ3) is 3.15. The molecular weight excluding hydrogens is 238 g/mol. The van der Waals surface area contributed by atoms with E-state index in [-0.39, 0.29) is 5.69 Å². The van der Waals surface area contributed by atoms with Crippen LogP contribution in [0.3, 0.4) is 0 Å². The van der Waals surface area contributed by atoms with Gasteiger partial charge < -0.3 is 5.73 Å². The van der Waals surface area contributed by atoms with Crippen LogP contribution in [0.5, 0.6) is 0 Å². The molecule has 1 heterocycles. The number of rotatable bonds is 3. The molecule has 0 atom stereocenters. The van der Waals surface area contributed by atoms with Gasteiger partial charge in [-0.25, -0.2) is 4.79 Å². The highest BCUT2D eigenvalue weighted by Crippen LogP contribution is 2.05. The maximum Gasteiger partial charge on any atom is 0.328 e. The van der Waals surface area contributed by atoms with Crippen molar-refractivity contribution in [3.63, 3.8) is 0 Å². The molecule has 0 radical (unpaired) electrons. The Labute approximate surface area is 112 Å². The normalized spacial score (nSPS) is 10.0. The number of imidazole rings is 1. The van der Waals surface area contributed by atoms with Crippen LogP contribution in [-0.2, 0) is 13.1 Å². The van der Waals surface area contributed by atoms with Gasteiger partial charge in [-0.2, -0.15) is 0 Å². The monoisotopic (exact) mass is 255 g/mol. The average Bonchev–Trinajstić information content (AvgIpc) is 2.78. The Balaban J connectivity index is 2.23. The maximum atomic E-state index is 11.9. The number of aryl methyl sites for hydroxylation is 1. The lowest BCUT2D eigenvalue weighted by atomic mass is 10.1. The summed E-state index contributed by atoms with van der Waals surface area (Å²) in [5.41, 5.74) is 7.35. The topological polar surface area (TPSA) is 52.9 Å². The fourth-order valence-corrected chi connectivity index (χ4v) is 1.91. The van der Waals surface area contributed by atoms with Crippen molar-refractivity contribution < 1.29 is 0 Å². The first-order valence-electron chi connectivity index (χ1n) is 6.28. The molecular formula is C15H17N3O. The van der Waals surface area contributed by atoms with E-state index in [1.54, 1.807) is 15.3 Å². The molecule has 0 spiro atoms. The van der Waals surface area contributed by atoms with Crippen molar-refractivity contribution in [3.05, 3.63) is 58.3 Å². The number of benzene rings is 1. The minimum atomic E-state index is 0.0148. The van der Waals surface area contributed by atoms with Crippen molar-refractivity contribution in [1.29, 1.82) is 0 Å². The van der Waals surface area contributed by atoms with Gasteiger partial charge in [0.15, 0.2) is 0 Å². The van der Waals surface area contributed by atoms with Crippen LogP contribution in [0.1, 0.15) is 18.1 Å². The van der Waals surface area contributed by atoms with E-state index in [0.717, 1.165) is 11.1 Å². The summed E-state index contributed by atoms with van der Waals surface area (Å²) in [6, 6.07) is 7.85. The molecule has 98 valence electrons. The standard InChI is InChI=1S/C15H17N3O/c1-2-17-9-10-18(15(17)19)12-14-6-3-5-13(11-14)7-4-8-16/h3,5-6,9-11H,2,8,12,16H2,1H3. The molecule has 0 amide bonds. The predicted molar refractivity (Wildman–Crippen MR) is 75.8 cm³/mol. The zero-order valence-corrected chi connectivity index (χ0v) is 11.0. The fourth-order valence-electron chi connectivity index (χ4n) is 1.91. The van der Waals surface area contributed by atoms with E-state index in [1.165, 1.54) is 0 Å². The molecule has 0 unspecified atom stereocenters. The molecule has 1 aromatic heterocycles. The van der Waals surface area contributed by atoms with E-state index in [9.17, 15) is 4.79 Å². The highest BCUT2D eigenvalue weighted by molar-refractivity contribution is 5.37. The lowest BCUT2D eigenvalue weighted by molar-refractivity contribution is 0.668. The molecule has 19 heavy (non-hydrogen) atoms. The van der Waals surface area contributed by atoms with Crippen molar-refractivity contribution in [1.82, 2.24) is 9.13 Å². The van der Waals surface area contributed by atoms with E-state index in [2.05, 4.69) is 11.8 Å². The van der Waals surface area contributed by atoms with Crippen LogP contribution in [0.25, 0.3) is 0 Å². The SMILES string of the molecule is CCn1ccn(Cc2cccc(C#CCN)c2)c1=O. The Morgan fingerprint density at radius 2 is 2.05 bits per heavy atom. The van der Waals surface area contributed by atoms with Gasteiger partial charge in [-0.15, -0.1) is 0 Å². The zero-order valence-electron chi connectivity index (χ0n) is 11.0. The van der Waals surface area contributed by atoms with Crippen LogP contribution < -0.4 is 11.4 Å². The molecule has 2 rings (SSSR count). The summed E-state index contributed by atoms with van der Waals surface area (Å²) < 4.78 is 3.37. The molecule has 4 heteroatoms. The Morgan fingerprint density at radius 1 is 1.26 bits per heavy atom. The molecule has 0 aliphatic rings. The van der Waals surface area contributed by atoms with E-state index in [1.807, 2.05) is 37.4 Å². The lowest BCUT2D eigenvalue weighted by Crippen LogP contribution is -2.23. The van der Waals surface area contributed by atoms with E-state index in [4.69, 9.17) is 5.73 Å². The number of nitrogens with two attached hydrogens (primary N) is 1. The molecule has 0 aliphatic carbocycles. The summed E-state index contributed by atoms with van der Waals surface area (Å²) in [5, 5.41) is 0. The molecule has 0 saturated carbocycles. The molecule has 0 aliphatic heterocycles. The largest absolute Gasteiger partial charge is 0.328 e. The van der Waals surface area contributed by atoms with Gasteiger partial charge >= 0.3 is 5.69 Å². The van der Waals surface area contributed by atoms with Gasteiger partial charge in [-0.3, -0.25) is 9.13 Å². The van der Waals surface area contributed by atoms with Crippen molar-refractivity contribution in [2.45, 2.75) is 20.0 Å². The minimum Gasteiger partial charge on any atom is -0.320 e. The molecule has 0 saturated heterocycles. The van der Waals surface area contributed by atoms with Gasteiger partial charge in [0.05, 0.1) is 13.1 Å². The van der Waals surface area contributed by atoms with Crippen LogP contribution in [0.2, 0.25) is 0 Å². The van der Waals surface area contributed by atoms with E-state index < -0.39 is 0 Å². The van der Waals surface area contributed by atoms with Gasteiger partial charge in [0.2, 0.25) is 0 Å². The Kier molecular flexibility index (Phi) is 4.22. The number of hydrogen-bond donors (Lipinski definition) is 1. The fraction of sp³-hybridized carbons (Fsp3) is 0.267. The Hall–Kier alpha value is -2.25. The third-order valence-corrected chi connectivity index (χ3v) is 2.87. The first kappa shape index (κ1) is 13.2. The first-order valence-corrected chi connectivity index (χ1v) is 6.28. The summed E-state index contributed by atoms with van der Waals surface area (Å²) in [6.07, 6.45) is 3.62. The van der Waals surface area contributed by atoms with E-state index >= 15 is 0 Å². The molecule has 4 nitrogen and oxygen atoms in total. The second-order valence-corrected chi connectivity index (χ2v) is 4.20. The summed E-state index contributed by atoms with van der Waals surface area (Å²) in [7, 11) is 0. The highest BCUT2D eigenvalue weighted by atomic mass is 16.1. The summed E-state index contributed by atoms with van der Waals surface area (Å²) in [6.45, 7) is 3.55. The van der Waals surface area contributed by atoms with Crippen LogP contribution in [0.4, 0.5) is 0 Å². The maximum absolute atomic E-state index is 11.9. The van der Waals surface area contributed by atoms with Crippen LogP contribution in [0, 0.1) is 11.8 Å².